The van der Waals surface area contributed by atoms with Gasteiger partial charge in [0, 0.05) is 38.9 Å². The summed E-state index contributed by atoms with van der Waals surface area (Å²) in [5.74, 6) is -2.44. The molecule has 0 aliphatic rings. The minimum absolute atomic E-state index is 0.0185. The van der Waals surface area contributed by atoms with Crippen LogP contribution in [0.2, 0.25) is 0 Å². The quantitative estimate of drug-likeness (QED) is 0.0381. The van der Waals surface area contributed by atoms with Crippen molar-refractivity contribution < 1.29 is 57.6 Å². The zero-order valence-electron chi connectivity index (χ0n) is 35.9. The maximum atomic E-state index is 12.3. The SMILES string of the molecule is CC(=O)C(N)CCCCNC(=O)COCCOCCNC(=O)COCCOCCNC(=O)CCC(NC(=O)CCCCCCCCCCCCCCCCC=O)C(=O)O. The summed E-state index contributed by atoms with van der Waals surface area (Å²) in [5.41, 5.74) is 5.67. The van der Waals surface area contributed by atoms with Gasteiger partial charge in [-0.3, -0.25) is 24.0 Å². The lowest BCUT2D eigenvalue weighted by Crippen LogP contribution is -2.41. The minimum atomic E-state index is -1.18. The van der Waals surface area contributed by atoms with Gasteiger partial charge in [-0.1, -0.05) is 77.0 Å². The van der Waals surface area contributed by atoms with E-state index in [0.717, 1.165) is 51.2 Å². The molecule has 0 aliphatic heterocycles. The Labute approximate surface area is 352 Å². The number of nitrogens with one attached hydrogen (secondary N) is 4. The lowest BCUT2D eigenvalue weighted by atomic mass is 10.0. The van der Waals surface area contributed by atoms with Gasteiger partial charge in [0.2, 0.25) is 23.6 Å². The Morgan fingerprint density at radius 3 is 1.47 bits per heavy atom. The van der Waals surface area contributed by atoms with Crippen molar-refractivity contribution in [3.63, 3.8) is 0 Å². The van der Waals surface area contributed by atoms with E-state index in [1.54, 1.807) is 0 Å². The first-order valence-corrected chi connectivity index (χ1v) is 21.9. The number of rotatable bonds is 44. The number of Topliss-reactive ketones (excluding diaryl/α,β-unsaturated/α-hetero) is 1. The molecule has 17 nitrogen and oxygen atoms in total. The van der Waals surface area contributed by atoms with Crippen molar-refractivity contribution in [1.82, 2.24) is 21.3 Å². The zero-order valence-corrected chi connectivity index (χ0v) is 35.9. The van der Waals surface area contributed by atoms with Gasteiger partial charge in [-0.25, -0.2) is 4.79 Å². The second-order valence-corrected chi connectivity index (χ2v) is 14.7. The third-order valence-electron chi connectivity index (χ3n) is 9.40. The van der Waals surface area contributed by atoms with Crippen molar-refractivity contribution in [2.24, 2.45) is 5.73 Å². The Balaban J connectivity index is 3.65. The number of unbranched alkanes of at least 4 members (excludes halogenated alkanes) is 15. The van der Waals surface area contributed by atoms with Gasteiger partial charge in [0.25, 0.3) is 0 Å². The second-order valence-electron chi connectivity index (χ2n) is 14.7. The Kier molecular flexibility index (Phi) is 38.8. The van der Waals surface area contributed by atoms with E-state index in [0.29, 0.717) is 25.8 Å². The van der Waals surface area contributed by atoms with Crippen LogP contribution in [-0.4, -0.2) is 131 Å². The molecule has 0 saturated carbocycles. The van der Waals surface area contributed by atoms with Crippen LogP contribution in [0.5, 0.6) is 0 Å². The number of amides is 4. The highest BCUT2D eigenvalue weighted by atomic mass is 16.5. The van der Waals surface area contributed by atoms with Crippen molar-refractivity contribution in [2.75, 3.05) is 72.5 Å². The summed E-state index contributed by atoms with van der Waals surface area (Å²) in [6.45, 7) is 3.53. The Hall–Kier alpha value is -3.51. The molecule has 0 aliphatic carbocycles. The molecular formula is C42H77N5O12. The van der Waals surface area contributed by atoms with Crippen molar-refractivity contribution in [3.05, 3.63) is 0 Å². The van der Waals surface area contributed by atoms with Crippen molar-refractivity contribution in [3.8, 4) is 0 Å². The first-order valence-electron chi connectivity index (χ1n) is 21.9. The van der Waals surface area contributed by atoms with Crippen LogP contribution in [0.15, 0.2) is 0 Å². The van der Waals surface area contributed by atoms with Crippen molar-refractivity contribution in [2.45, 2.75) is 154 Å². The Morgan fingerprint density at radius 2 is 0.983 bits per heavy atom. The number of aldehydes is 1. The summed E-state index contributed by atoms with van der Waals surface area (Å²) < 4.78 is 21.3. The molecule has 0 aromatic carbocycles. The van der Waals surface area contributed by atoms with Crippen LogP contribution < -0.4 is 27.0 Å². The van der Waals surface area contributed by atoms with Crippen LogP contribution in [0.1, 0.15) is 142 Å². The van der Waals surface area contributed by atoms with Crippen molar-refractivity contribution >= 4 is 41.7 Å². The maximum Gasteiger partial charge on any atom is 0.326 e. The van der Waals surface area contributed by atoms with Crippen LogP contribution in [0, 0.1) is 0 Å². The summed E-state index contributed by atoms with van der Waals surface area (Å²) in [7, 11) is 0. The number of ether oxygens (including phenoxy) is 4. The molecule has 7 N–H and O–H groups in total. The molecule has 0 aromatic rings. The molecule has 0 fully saturated rings. The van der Waals surface area contributed by atoms with Gasteiger partial charge in [-0.05, 0) is 45.4 Å². The van der Waals surface area contributed by atoms with E-state index in [-0.39, 0.29) is 115 Å². The predicted octanol–water partition coefficient (Wildman–Crippen LogP) is 3.28. The molecule has 17 heteroatoms. The number of hydrogen-bond acceptors (Lipinski definition) is 12. The fourth-order valence-corrected chi connectivity index (χ4v) is 5.84. The van der Waals surface area contributed by atoms with Crippen LogP contribution >= 0.6 is 0 Å². The fourth-order valence-electron chi connectivity index (χ4n) is 5.84. The van der Waals surface area contributed by atoms with Gasteiger partial charge in [-0.2, -0.15) is 0 Å². The fraction of sp³-hybridized carbons (Fsp3) is 0.833. The van der Waals surface area contributed by atoms with E-state index in [1.807, 2.05) is 0 Å². The molecule has 2 unspecified atom stereocenters. The molecule has 342 valence electrons. The standard InChI is InChI=1S/C42H77N5O12/c1-35(49)36(43)19-16-17-23-44-40(52)33-58-31-30-57-28-25-46-41(53)34-59-32-29-56-27-24-45-38(50)22-21-37(42(54)55)47-39(51)20-15-13-11-9-7-5-3-2-4-6-8-10-12-14-18-26-48/h26,36-37H,2-25,27-34,43H2,1H3,(H,44,52)(H,45,50)(H,46,53)(H,47,51)(H,54,55). The lowest BCUT2D eigenvalue weighted by Gasteiger charge is -2.14. The topological polar surface area (TPSA) is 251 Å². The Morgan fingerprint density at radius 1 is 0.525 bits per heavy atom. The number of carbonyl (C=O) groups is 7. The minimum Gasteiger partial charge on any atom is -0.480 e. The molecule has 0 aromatic heterocycles. The van der Waals surface area contributed by atoms with Gasteiger partial charge in [0.05, 0.1) is 45.7 Å². The number of carboxylic acids is 1. The molecule has 59 heavy (non-hydrogen) atoms. The van der Waals surface area contributed by atoms with E-state index in [9.17, 15) is 38.7 Å². The molecule has 0 radical (unpaired) electrons. The van der Waals surface area contributed by atoms with Crippen LogP contribution in [0.25, 0.3) is 0 Å². The van der Waals surface area contributed by atoms with Crippen LogP contribution in [-0.2, 0) is 52.5 Å². The number of carbonyl (C=O) groups excluding carboxylic acids is 6. The summed E-state index contributed by atoms with van der Waals surface area (Å²) in [6, 6.07) is -1.58. The highest BCUT2D eigenvalue weighted by Gasteiger charge is 2.21. The van der Waals surface area contributed by atoms with Gasteiger partial charge < -0.3 is 55.8 Å². The van der Waals surface area contributed by atoms with Gasteiger partial charge in [-0.15, -0.1) is 0 Å². The average molecular weight is 844 g/mol. The summed E-state index contributed by atoms with van der Waals surface area (Å²) in [5, 5.41) is 20.1. The molecule has 0 saturated heterocycles. The van der Waals surface area contributed by atoms with E-state index < -0.39 is 18.1 Å². The highest BCUT2D eigenvalue weighted by molar-refractivity contribution is 5.84. The summed E-state index contributed by atoms with van der Waals surface area (Å²) >= 11 is 0. The van der Waals surface area contributed by atoms with E-state index in [1.165, 1.54) is 58.3 Å². The van der Waals surface area contributed by atoms with E-state index >= 15 is 0 Å². The Bertz CT molecular complexity index is 1130. The van der Waals surface area contributed by atoms with E-state index in [2.05, 4.69) is 21.3 Å². The lowest BCUT2D eigenvalue weighted by molar-refractivity contribution is -0.142. The number of aliphatic carboxylic acids is 1. The molecule has 4 amide bonds. The largest absolute Gasteiger partial charge is 0.480 e. The van der Waals surface area contributed by atoms with Gasteiger partial charge in [0.1, 0.15) is 31.3 Å². The molecule has 0 spiro atoms. The first kappa shape index (κ1) is 55.5. The normalized spacial score (nSPS) is 12.0. The smallest absolute Gasteiger partial charge is 0.326 e. The third-order valence-corrected chi connectivity index (χ3v) is 9.40. The van der Waals surface area contributed by atoms with Gasteiger partial charge in [0.15, 0.2) is 0 Å². The highest BCUT2D eigenvalue weighted by Crippen LogP contribution is 2.14. The van der Waals surface area contributed by atoms with Gasteiger partial charge >= 0.3 is 5.97 Å². The average Bonchev–Trinajstić information content (AvgIpc) is 3.20. The van der Waals surface area contributed by atoms with Crippen molar-refractivity contribution in [1.29, 1.82) is 0 Å². The number of ketones is 1. The van der Waals surface area contributed by atoms with E-state index in [4.69, 9.17) is 24.7 Å². The number of hydrogen-bond donors (Lipinski definition) is 6. The predicted molar refractivity (Wildman–Crippen MR) is 224 cm³/mol. The monoisotopic (exact) mass is 844 g/mol. The molecule has 0 heterocycles. The van der Waals surface area contributed by atoms with Crippen LogP contribution in [0.4, 0.5) is 0 Å². The second kappa shape index (κ2) is 41.2. The molecule has 2 atom stereocenters. The summed E-state index contributed by atoms with van der Waals surface area (Å²) in [4.78, 5) is 81.2. The number of nitrogens with two attached hydrogens (primary N) is 1. The van der Waals surface area contributed by atoms with Crippen LogP contribution in [0.3, 0.4) is 0 Å². The molecule has 0 rings (SSSR count). The zero-order chi connectivity index (χ0) is 43.6. The third kappa shape index (κ3) is 39.7. The summed E-state index contributed by atoms with van der Waals surface area (Å²) in [6.07, 6.45) is 19.9. The number of carboxylic acid groups (broad SMARTS) is 1. The maximum absolute atomic E-state index is 12.3. The molecule has 0 bridgehead atoms. The first-order chi connectivity index (χ1) is 28.6. The molecular weight excluding hydrogens is 766 g/mol.